The third-order valence-electron chi connectivity index (χ3n) is 3.02. The van der Waals surface area contributed by atoms with Crippen LogP contribution < -0.4 is 10.1 Å². The van der Waals surface area contributed by atoms with Crippen molar-refractivity contribution in [1.82, 2.24) is 5.43 Å². The number of hydrogen-bond donors (Lipinski definition) is 2. The Kier molecular flexibility index (Phi) is 5.51. The second-order valence-electron chi connectivity index (χ2n) is 4.76. The van der Waals surface area contributed by atoms with Crippen LogP contribution in [0.3, 0.4) is 0 Å². The van der Waals surface area contributed by atoms with Gasteiger partial charge in [0.25, 0.3) is 15.9 Å². The van der Waals surface area contributed by atoms with Crippen LogP contribution in [0.15, 0.2) is 51.1 Å². The molecule has 1 aromatic heterocycles. The fourth-order valence-corrected chi connectivity index (χ4v) is 3.65. The highest BCUT2D eigenvalue weighted by Gasteiger charge is 2.15. The molecule has 2 rings (SSSR count). The lowest BCUT2D eigenvalue weighted by molar-refractivity contribution is 0.0954. The molecule has 2 aromatic rings. The first-order valence-corrected chi connectivity index (χ1v) is 9.28. The van der Waals surface area contributed by atoms with Crippen LogP contribution in [0.1, 0.15) is 30.6 Å². The Balaban J connectivity index is 2.07. The second kappa shape index (κ2) is 7.38. The molecule has 23 heavy (non-hydrogen) atoms. The standard InChI is InChI=1S/C15H17N3O3S2/c1-3-11(2)16-17-15(19)12-6-8-13(9-7-12)18-23(20,21)14-5-4-10-22-14/h4-10,18H,3H2,1-2H3,(H,17,19)/b16-11-. The van der Waals surface area contributed by atoms with Crippen molar-refractivity contribution in [1.29, 1.82) is 0 Å². The van der Waals surface area contributed by atoms with Gasteiger partial charge in [-0.15, -0.1) is 11.3 Å². The third-order valence-corrected chi connectivity index (χ3v) is 5.80. The summed E-state index contributed by atoms with van der Waals surface area (Å²) in [5.74, 6) is -0.342. The molecule has 0 spiro atoms. The van der Waals surface area contributed by atoms with Crippen molar-refractivity contribution in [3.63, 3.8) is 0 Å². The van der Waals surface area contributed by atoms with Crippen molar-refractivity contribution in [2.24, 2.45) is 5.10 Å². The van der Waals surface area contributed by atoms with Gasteiger partial charge in [-0.25, -0.2) is 13.8 Å². The Morgan fingerprint density at radius 1 is 1.22 bits per heavy atom. The Labute approximate surface area is 139 Å². The van der Waals surface area contributed by atoms with Crippen molar-refractivity contribution in [3.05, 3.63) is 47.3 Å². The minimum Gasteiger partial charge on any atom is -0.279 e. The molecule has 6 nitrogen and oxygen atoms in total. The minimum atomic E-state index is -3.58. The highest BCUT2D eigenvalue weighted by atomic mass is 32.2. The van der Waals surface area contributed by atoms with E-state index in [0.717, 1.165) is 23.5 Å². The lowest BCUT2D eigenvalue weighted by Gasteiger charge is -2.07. The van der Waals surface area contributed by atoms with Gasteiger partial charge in [-0.1, -0.05) is 13.0 Å². The quantitative estimate of drug-likeness (QED) is 0.619. The summed E-state index contributed by atoms with van der Waals surface area (Å²) < 4.78 is 26.9. The van der Waals surface area contributed by atoms with Crippen molar-refractivity contribution in [2.45, 2.75) is 24.5 Å². The number of carbonyl (C=O) groups is 1. The monoisotopic (exact) mass is 351 g/mol. The molecule has 0 aliphatic carbocycles. The average Bonchev–Trinajstić information content (AvgIpc) is 3.08. The van der Waals surface area contributed by atoms with Crippen LogP contribution in [0, 0.1) is 0 Å². The first-order chi connectivity index (χ1) is 10.9. The van der Waals surface area contributed by atoms with E-state index in [2.05, 4.69) is 15.2 Å². The van der Waals surface area contributed by atoms with Gasteiger partial charge in [0.05, 0.1) is 0 Å². The molecule has 0 radical (unpaired) electrons. The van der Waals surface area contributed by atoms with Gasteiger partial charge in [0.2, 0.25) is 0 Å². The topological polar surface area (TPSA) is 87.6 Å². The Morgan fingerprint density at radius 3 is 2.48 bits per heavy atom. The molecular weight excluding hydrogens is 334 g/mol. The van der Waals surface area contributed by atoms with Gasteiger partial charge < -0.3 is 0 Å². The van der Waals surface area contributed by atoms with Gasteiger partial charge in [-0.2, -0.15) is 5.10 Å². The van der Waals surface area contributed by atoms with Gasteiger partial charge in [-0.05, 0) is 49.1 Å². The summed E-state index contributed by atoms with van der Waals surface area (Å²) in [5, 5.41) is 5.64. The maximum absolute atomic E-state index is 12.1. The summed E-state index contributed by atoms with van der Waals surface area (Å²) >= 11 is 1.14. The SMILES string of the molecule is CC/C(C)=N\NC(=O)c1ccc(NS(=O)(=O)c2cccs2)cc1. The van der Waals surface area contributed by atoms with E-state index in [9.17, 15) is 13.2 Å². The van der Waals surface area contributed by atoms with Crippen LogP contribution in [0.2, 0.25) is 0 Å². The number of nitrogens with one attached hydrogen (secondary N) is 2. The molecule has 0 atom stereocenters. The molecule has 1 amide bonds. The highest BCUT2D eigenvalue weighted by molar-refractivity contribution is 7.94. The average molecular weight is 351 g/mol. The number of sulfonamides is 1. The zero-order valence-corrected chi connectivity index (χ0v) is 14.4. The summed E-state index contributed by atoms with van der Waals surface area (Å²) in [6, 6.07) is 9.36. The van der Waals surface area contributed by atoms with Crippen molar-refractivity contribution in [2.75, 3.05) is 4.72 Å². The normalized spacial score (nSPS) is 12.0. The maximum Gasteiger partial charge on any atom is 0.271 e. The Hall–Kier alpha value is -2.19. The van der Waals surface area contributed by atoms with Crippen LogP contribution in [0.4, 0.5) is 5.69 Å². The molecule has 0 aliphatic rings. The smallest absolute Gasteiger partial charge is 0.271 e. The van der Waals surface area contributed by atoms with Crippen molar-refractivity contribution < 1.29 is 13.2 Å². The molecule has 0 saturated heterocycles. The highest BCUT2D eigenvalue weighted by Crippen LogP contribution is 2.20. The van der Waals surface area contributed by atoms with E-state index < -0.39 is 10.0 Å². The number of amides is 1. The van der Waals surface area contributed by atoms with Crippen LogP contribution in [0.5, 0.6) is 0 Å². The predicted molar refractivity (Wildman–Crippen MR) is 92.4 cm³/mol. The first kappa shape index (κ1) is 17.2. The zero-order valence-electron chi connectivity index (χ0n) is 12.7. The van der Waals surface area contributed by atoms with Gasteiger partial charge in [0.15, 0.2) is 0 Å². The van der Waals surface area contributed by atoms with E-state index in [4.69, 9.17) is 0 Å². The summed E-state index contributed by atoms with van der Waals surface area (Å²) in [6.07, 6.45) is 0.754. The molecule has 0 unspecified atom stereocenters. The van der Waals surface area contributed by atoms with Gasteiger partial charge >= 0.3 is 0 Å². The predicted octanol–water partition coefficient (Wildman–Crippen LogP) is 3.06. The fraction of sp³-hybridized carbons (Fsp3) is 0.200. The zero-order chi connectivity index (χ0) is 16.9. The molecule has 122 valence electrons. The molecular formula is C15H17N3O3S2. The number of rotatable bonds is 6. The number of nitrogens with zero attached hydrogens (tertiary/aromatic N) is 1. The van der Waals surface area contributed by atoms with Crippen LogP contribution in [0.25, 0.3) is 0 Å². The second-order valence-corrected chi connectivity index (χ2v) is 7.61. The van der Waals surface area contributed by atoms with Gasteiger partial charge in [0.1, 0.15) is 4.21 Å². The summed E-state index contributed by atoms with van der Waals surface area (Å²) in [6.45, 7) is 3.77. The summed E-state index contributed by atoms with van der Waals surface area (Å²) in [7, 11) is -3.58. The number of benzene rings is 1. The molecule has 1 aromatic carbocycles. The van der Waals surface area contributed by atoms with E-state index in [1.165, 1.54) is 18.2 Å². The fourth-order valence-electron chi connectivity index (χ4n) is 1.60. The van der Waals surface area contributed by atoms with E-state index in [-0.39, 0.29) is 10.1 Å². The van der Waals surface area contributed by atoms with Crippen LogP contribution >= 0.6 is 11.3 Å². The summed E-state index contributed by atoms with van der Waals surface area (Å²) in [4.78, 5) is 11.9. The number of hydrogen-bond acceptors (Lipinski definition) is 5. The Morgan fingerprint density at radius 2 is 1.91 bits per heavy atom. The van der Waals surface area contributed by atoms with E-state index in [0.29, 0.717) is 11.3 Å². The third kappa shape index (κ3) is 4.64. The molecule has 8 heteroatoms. The van der Waals surface area contributed by atoms with Gasteiger partial charge in [0, 0.05) is 17.0 Å². The van der Waals surface area contributed by atoms with Crippen molar-refractivity contribution >= 4 is 38.7 Å². The minimum absolute atomic E-state index is 0.240. The maximum atomic E-state index is 12.1. The molecule has 0 saturated carbocycles. The van der Waals surface area contributed by atoms with E-state index in [1.54, 1.807) is 23.6 Å². The van der Waals surface area contributed by atoms with E-state index >= 15 is 0 Å². The molecule has 1 heterocycles. The van der Waals surface area contributed by atoms with Gasteiger partial charge in [-0.3, -0.25) is 9.52 Å². The Bertz CT molecular complexity index is 795. The van der Waals surface area contributed by atoms with Crippen LogP contribution in [-0.4, -0.2) is 20.0 Å². The largest absolute Gasteiger partial charge is 0.279 e. The lowest BCUT2D eigenvalue weighted by atomic mass is 10.2. The molecule has 0 aliphatic heterocycles. The number of thiophene rings is 1. The number of anilines is 1. The van der Waals surface area contributed by atoms with Crippen molar-refractivity contribution in [3.8, 4) is 0 Å². The molecule has 0 fully saturated rings. The lowest BCUT2D eigenvalue weighted by Crippen LogP contribution is -2.19. The van der Waals surface area contributed by atoms with E-state index in [1.807, 2.05) is 13.8 Å². The number of hydrazone groups is 1. The first-order valence-electron chi connectivity index (χ1n) is 6.92. The van der Waals surface area contributed by atoms with Crippen LogP contribution in [-0.2, 0) is 10.0 Å². The number of carbonyl (C=O) groups excluding carboxylic acids is 1. The molecule has 0 bridgehead atoms. The molecule has 2 N–H and O–H groups in total. The summed E-state index contributed by atoms with van der Waals surface area (Å²) in [5.41, 5.74) is 4.06.